The van der Waals surface area contributed by atoms with Gasteiger partial charge < -0.3 is 4.57 Å². The maximum Gasteiger partial charge on any atom is 0.243 e. The zero-order valence-corrected chi connectivity index (χ0v) is 15.6. The minimum atomic E-state index is -3.76. The summed E-state index contributed by atoms with van der Waals surface area (Å²) in [5, 5.41) is 9.02. The van der Waals surface area contributed by atoms with Gasteiger partial charge in [-0.2, -0.15) is 8.68 Å². The van der Waals surface area contributed by atoms with Gasteiger partial charge in [0.25, 0.3) is 0 Å². The third kappa shape index (κ3) is 2.72. The average molecular weight is 394 g/mol. The first-order chi connectivity index (χ1) is 12.4. The quantitative estimate of drug-likeness (QED) is 0.675. The highest BCUT2D eigenvalue weighted by atomic mass is 32.2. The number of nitrogens with zero attached hydrogens (tertiary/aromatic N) is 6. The molecule has 11 heteroatoms. The summed E-state index contributed by atoms with van der Waals surface area (Å²) < 4.78 is 46.4. The standard InChI is InChI=1S/C15H15FN6O2S2/c1-9-13-18-19-14(15-17-10(2)20-25-15)21(13)7-8-22(9)26(23,24)12-5-3-11(16)4-6-12/h3-6,9H,7-8H2,1-2H3/t9-/m1/s1. The molecule has 0 aliphatic carbocycles. The normalized spacial score (nSPS) is 18.0. The zero-order chi connectivity index (χ0) is 18.5. The maximum atomic E-state index is 13.1. The highest BCUT2D eigenvalue weighted by Gasteiger charge is 2.37. The van der Waals surface area contributed by atoms with E-state index in [2.05, 4.69) is 19.6 Å². The molecule has 0 amide bonds. The minimum Gasteiger partial charge on any atom is -0.306 e. The van der Waals surface area contributed by atoms with Crippen molar-refractivity contribution in [2.75, 3.05) is 6.54 Å². The lowest BCUT2D eigenvalue weighted by molar-refractivity contribution is 0.276. The minimum absolute atomic E-state index is 0.0543. The van der Waals surface area contributed by atoms with E-state index in [1.807, 2.05) is 4.57 Å². The predicted molar refractivity (Wildman–Crippen MR) is 92.4 cm³/mol. The van der Waals surface area contributed by atoms with E-state index in [1.54, 1.807) is 13.8 Å². The summed E-state index contributed by atoms with van der Waals surface area (Å²) in [5.74, 6) is 1.32. The molecule has 0 N–H and O–H groups in total. The molecule has 0 saturated heterocycles. The predicted octanol–water partition coefficient (Wildman–Crippen LogP) is 2.01. The Bertz CT molecular complexity index is 1060. The van der Waals surface area contributed by atoms with Crippen LogP contribution in [0.25, 0.3) is 10.8 Å². The molecule has 4 rings (SSSR count). The van der Waals surface area contributed by atoms with Crippen LogP contribution >= 0.6 is 11.5 Å². The van der Waals surface area contributed by atoms with Gasteiger partial charge in [0.2, 0.25) is 10.0 Å². The van der Waals surface area contributed by atoms with Gasteiger partial charge in [-0.05, 0) is 49.6 Å². The van der Waals surface area contributed by atoms with Crippen LogP contribution in [0.4, 0.5) is 4.39 Å². The molecule has 3 heterocycles. The highest BCUT2D eigenvalue weighted by molar-refractivity contribution is 7.89. The summed E-state index contributed by atoms with van der Waals surface area (Å²) >= 11 is 1.23. The number of rotatable bonds is 3. The molecule has 0 unspecified atom stereocenters. The summed E-state index contributed by atoms with van der Waals surface area (Å²) in [6.07, 6.45) is 0. The third-order valence-corrected chi connectivity index (χ3v) is 7.05. The van der Waals surface area contributed by atoms with Crippen molar-refractivity contribution in [2.24, 2.45) is 0 Å². The van der Waals surface area contributed by atoms with Crippen LogP contribution in [-0.4, -0.2) is 43.4 Å². The largest absolute Gasteiger partial charge is 0.306 e. The molecule has 0 radical (unpaired) electrons. The molecule has 0 spiro atoms. The highest BCUT2D eigenvalue weighted by Crippen LogP contribution is 2.32. The third-order valence-electron chi connectivity index (χ3n) is 4.27. The van der Waals surface area contributed by atoms with Gasteiger partial charge in [-0.1, -0.05) is 0 Å². The van der Waals surface area contributed by atoms with Crippen LogP contribution in [0.3, 0.4) is 0 Å². The molecule has 0 saturated carbocycles. The van der Waals surface area contributed by atoms with Gasteiger partial charge in [0.15, 0.2) is 16.7 Å². The fourth-order valence-corrected chi connectivity index (χ4v) is 5.23. The van der Waals surface area contributed by atoms with E-state index in [1.165, 1.54) is 28.0 Å². The van der Waals surface area contributed by atoms with E-state index >= 15 is 0 Å². The van der Waals surface area contributed by atoms with Crippen LogP contribution in [0.2, 0.25) is 0 Å². The maximum absolute atomic E-state index is 13.1. The van der Waals surface area contributed by atoms with Gasteiger partial charge >= 0.3 is 0 Å². The number of benzene rings is 1. The Labute approximate surface area is 153 Å². The van der Waals surface area contributed by atoms with Crippen molar-refractivity contribution >= 4 is 21.6 Å². The lowest BCUT2D eigenvalue weighted by Gasteiger charge is -2.32. The average Bonchev–Trinajstić information content (AvgIpc) is 3.21. The summed E-state index contributed by atoms with van der Waals surface area (Å²) in [5.41, 5.74) is 0. The Hall–Kier alpha value is -2.24. The van der Waals surface area contributed by atoms with Crippen LogP contribution in [0.1, 0.15) is 24.6 Å². The number of halogens is 1. The van der Waals surface area contributed by atoms with Gasteiger partial charge in [-0.25, -0.2) is 17.8 Å². The number of aromatic nitrogens is 5. The molecule has 136 valence electrons. The van der Waals surface area contributed by atoms with Crippen LogP contribution in [0.15, 0.2) is 29.2 Å². The van der Waals surface area contributed by atoms with E-state index in [9.17, 15) is 12.8 Å². The van der Waals surface area contributed by atoms with Crippen molar-refractivity contribution in [1.82, 2.24) is 28.4 Å². The van der Waals surface area contributed by atoms with E-state index in [0.29, 0.717) is 29.0 Å². The Balaban J connectivity index is 1.70. The number of fused-ring (bicyclic) bond motifs is 1. The zero-order valence-electron chi connectivity index (χ0n) is 14.0. The first kappa shape index (κ1) is 17.2. The van der Waals surface area contributed by atoms with Gasteiger partial charge in [0.1, 0.15) is 11.6 Å². The van der Waals surface area contributed by atoms with Crippen LogP contribution in [0.5, 0.6) is 0 Å². The second kappa shape index (κ2) is 6.18. The molecule has 1 aliphatic rings. The van der Waals surface area contributed by atoms with Crippen molar-refractivity contribution in [3.05, 3.63) is 41.7 Å². The van der Waals surface area contributed by atoms with Crippen LogP contribution in [0, 0.1) is 12.7 Å². The Morgan fingerprint density at radius 2 is 1.92 bits per heavy atom. The molecular weight excluding hydrogens is 379 g/mol. The Morgan fingerprint density at radius 3 is 2.58 bits per heavy atom. The van der Waals surface area contributed by atoms with Gasteiger partial charge in [0.05, 0.1) is 10.9 Å². The summed E-state index contributed by atoms with van der Waals surface area (Å²) in [6.45, 7) is 4.22. The summed E-state index contributed by atoms with van der Waals surface area (Å²) in [6, 6.07) is 4.31. The smallest absolute Gasteiger partial charge is 0.243 e. The molecule has 1 atom stereocenters. The second-order valence-electron chi connectivity index (χ2n) is 5.93. The van der Waals surface area contributed by atoms with Crippen molar-refractivity contribution in [3.63, 3.8) is 0 Å². The molecule has 26 heavy (non-hydrogen) atoms. The van der Waals surface area contributed by atoms with Gasteiger partial charge in [0, 0.05) is 13.1 Å². The fraction of sp³-hybridized carbons (Fsp3) is 0.333. The summed E-state index contributed by atoms with van der Waals surface area (Å²) in [7, 11) is -3.76. The molecule has 8 nitrogen and oxygen atoms in total. The Morgan fingerprint density at radius 1 is 1.19 bits per heavy atom. The SMILES string of the molecule is Cc1nsc(-c2nnc3n2CCN(S(=O)(=O)c2ccc(F)cc2)[C@@H]3C)n1. The lowest BCUT2D eigenvalue weighted by Crippen LogP contribution is -2.41. The molecule has 1 aromatic carbocycles. The van der Waals surface area contributed by atoms with E-state index in [0.717, 1.165) is 12.1 Å². The number of hydrogen-bond acceptors (Lipinski definition) is 7. The second-order valence-corrected chi connectivity index (χ2v) is 8.57. The van der Waals surface area contributed by atoms with E-state index in [-0.39, 0.29) is 11.4 Å². The molecule has 3 aromatic rings. The molecular formula is C15H15FN6O2S2. The van der Waals surface area contributed by atoms with Crippen LogP contribution in [-0.2, 0) is 16.6 Å². The van der Waals surface area contributed by atoms with Crippen molar-refractivity contribution in [2.45, 2.75) is 31.3 Å². The molecule has 0 bridgehead atoms. The van der Waals surface area contributed by atoms with E-state index in [4.69, 9.17) is 0 Å². The topological polar surface area (TPSA) is 93.9 Å². The molecule has 2 aromatic heterocycles. The van der Waals surface area contributed by atoms with Crippen molar-refractivity contribution in [1.29, 1.82) is 0 Å². The molecule has 0 fully saturated rings. The first-order valence-electron chi connectivity index (χ1n) is 7.89. The molecule has 1 aliphatic heterocycles. The monoisotopic (exact) mass is 394 g/mol. The fourth-order valence-electron chi connectivity index (χ4n) is 2.98. The van der Waals surface area contributed by atoms with E-state index < -0.39 is 21.9 Å². The van der Waals surface area contributed by atoms with Crippen molar-refractivity contribution in [3.8, 4) is 10.8 Å². The van der Waals surface area contributed by atoms with Gasteiger partial charge in [-0.15, -0.1) is 10.2 Å². The van der Waals surface area contributed by atoms with Crippen molar-refractivity contribution < 1.29 is 12.8 Å². The number of aryl methyl sites for hydroxylation is 1. The van der Waals surface area contributed by atoms with Crippen LogP contribution < -0.4 is 0 Å². The Kier molecular flexibility index (Phi) is 4.09. The first-order valence-corrected chi connectivity index (χ1v) is 10.1. The summed E-state index contributed by atoms with van der Waals surface area (Å²) in [4.78, 5) is 4.38. The number of sulfonamides is 1. The lowest BCUT2D eigenvalue weighted by atomic mass is 10.2. The number of hydrogen-bond donors (Lipinski definition) is 0. The van der Waals surface area contributed by atoms with Gasteiger partial charge in [-0.3, -0.25) is 0 Å².